The first-order valence-corrected chi connectivity index (χ1v) is 5.86. The molecule has 21 heavy (non-hydrogen) atoms. The standard InChI is InChI=1S/C13H11N3O5/c1-8-3-2-4-12(13(8)16(19)20)21-9-5-6-11(15(17)18)10(14)7-9/h2-7H,14H2,1H3. The number of hydrogen-bond acceptors (Lipinski definition) is 6. The molecule has 108 valence electrons. The van der Waals surface area contributed by atoms with Crippen LogP contribution in [0.1, 0.15) is 5.56 Å². The highest BCUT2D eigenvalue weighted by molar-refractivity contribution is 5.62. The molecule has 2 N–H and O–H groups in total. The third-order valence-corrected chi connectivity index (χ3v) is 2.81. The van der Waals surface area contributed by atoms with Crippen LogP contribution in [-0.4, -0.2) is 9.85 Å². The molecule has 2 aromatic carbocycles. The lowest BCUT2D eigenvalue weighted by molar-refractivity contribution is -0.386. The van der Waals surface area contributed by atoms with E-state index in [-0.39, 0.29) is 28.6 Å². The molecule has 0 saturated heterocycles. The molecule has 0 aliphatic heterocycles. The number of benzene rings is 2. The van der Waals surface area contributed by atoms with E-state index in [0.29, 0.717) is 5.56 Å². The van der Waals surface area contributed by atoms with Crippen LogP contribution in [0.15, 0.2) is 36.4 Å². The van der Waals surface area contributed by atoms with Crippen molar-refractivity contribution < 1.29 is 14.6 Å². The predicted octanol–water partition coefficient (Wildman–Crippen LogP) is 3.19. The molecule has 2 rings (SSSR count). The van der Waals surface area contributed by atoms with Crippen LogP contribution in [0.5, 0.6) is 11.5 Å². The molecule has 8 nitrogen and oxygen atoms in total. The summed E-state index contributed by atoms with van der Waals surface area (Å²) in [6, 6.07) is 8.43. The summed E-state index contributed by atoms with van der Waals surface area (Å²) in [6.07, 6.45) is 0. The fourth-order valence-corrected chi connectivity index (χ4v) is 1.84. The van der Waals surface area contributed by atoms with Crippen LogP contribution in [0.3, 0.4) is 0 Å². The van der Waals surface area contributed by atoms with Crippen molar-refractivity contribution in [3.05, 3.63) is 62.2 Å². The Morgan fingerprint density at radius 3 is 2.38 bits per heavy atom. The number of nitrogen functional groups attached to an aromatic ring is 1. The summed E-state index contributed by atoms with van der Waals surface area (Å²) in [7, 11) is 0. The van der Waals surface area contributed by atoms with Gasteiger partial charge in [0.25, 0.3) is 5.69 Å². The molecule has 0 unspecified atom stereocenters. The molecule has 0 saturated carbocycles. The number of nitrogens with zero attached hydrogens (tertiary/aromatic N) is 2. The van der Waals surface area contributed by atoms with E-state index in [9.17, 15) is 20.2 Å². The van der Waals surface area contributed by atoms with Gasteiger partial charge in [-0.2, -0.15) is 0 Å². The number of anilines is 1. The summed E-state index contributed by atoms with van der Waals surface area (Å²) in [6.45, 7) is 1.59. The Kier molecular flexibility index (Phi) is 3.70. The van der Waals surface area contributed by atoms with Gasteiger partial charge in [-0.1, -0.05) is 12.1 Å². The number of para-hydroxylation sites is 1. The molecule has 8 heteroatoms. The Balaban J connectivity index is 2.39. The maximum Gasteiger partial charge on any atom is 0.314 e. The quantitative estimate of drug-likeness (QED) is 0.524. The van der Waals surface area contributed by atoms with E-state index >= 15 is 0 Å². The smallest absolute Gasteiger partial charge is 0.314 e. The molecule has 0 atom stereocenters. The van der Waals surface area contributed by atoms with Gasteiger partial charge in [0.15, 0.2) is 0 Å². The van der Waals surface area contributed by atoms with Crippen LogP contribution < -0.4 is 10.5 Å². The Bertz CT molecular complexity index is 730. The molecule has 0 aliphatic carbocycles. The van der Waals surface area contributed by atoms with Crippen molar-refractivity contribution in [2.75, 3.05) is 5.73 Å². The number of nitro groups is 2. The minimum Gasteiger partial charge on any atom is -0.450 e. The maximum atomic E-state index is 11.1. The lowest BCUT2D eigenvalue weighted by atomic mass is 10.2. The highest BCUT2D eigenvalue weighted by atomic mass is 16.6. The van der Waals surface area contributed by atoms with Gasteiger partial charge in [0.2, 0.25) is 5.75 Å². The normalized spacial score (nSPS) is 10.1. The summed E-state index contributed by atoms with van der Waals surface area (Å²) in [4.78, 5) is 20.6. The SMILES string of the molecule is Cc1cccc(Oc2ccc([N+](=O)[O-])c(N)c2)c1[N+](=O)[O-]. The highest BCUT2D eigenvalue weighted by Crippen LogP contribution is 2.35. The number of aryl methyl sites for hydroxylation is 1. The van der Waals surface area contributed by atoms with Crippen LogP contribution in [0.25, 0.3) is 0 Å². The third kappa shape index (κ3) is 2.89. The average molecular weight is 289 g/mol. The van der Waals surface area contributed by atoms with E-state index in [1.807, 2.05) is 0 Å². The van der Waals surface area contributed by atoms with Crippen molar-refractivity contribution in [2.24, 2.45) is 0 Å². The van der Waals surface area contributed by atoms with E-state index in [2.05, 4.69) is 0 Å². The zero-order valence-corrected chi connectivity index (χ0v) is 11.0. The number of rotatable bonds is 4. The van der Waals surface area contributed by atoms with E-state index in [4.69, 9.17) is 10.5 Å². The second kappa shape index (κ2) is 5.45. The van der Waals surface area contributed by atoms with Crippen molar-refractivity contribution in [2.45, 2.75) is 6.92 Å². The van der Waals surface area contributed by atoms with Gasteiger partial charge >= 0.3 is 5.69 Å². The van der Waals surface area contributed by atoms with Gasteiger partial charge in [-0.05, 0) is 19.1 Å². The molecule has 0 heterocycles. The van der Waals surface area contributed by atoms with Gasteiger partial charge in [-0.3, -0.25) is 20.2 Å². The second-order valence-corrected chi connectivity index (χ2v) is 4.26. The third-order valence-electron chi connectivity index (χ3n) is 2.81. The van der Waals surface area contributed by atoms with Gasteiger partial charge in [-0.25, -0.2) is 0 Å². The molecule has 2 aromatic rings. The molecular formula is C13H11N3O5. The van der Waals surface area contributed by atoms with Crippen molar-refractivity contribution in [1.82, 2.24) is 0 Å². The van der Waals surface area contributed by atoms with Gasteiger partial charge in [-0.15, -0.1) is 0 Å². The zero-order valence-electron chi connectivity index (χ0n) is 11.0. The van der Waals surface area contributed by atoms with Crippen molar-refractivity contribution in [3.8, 4) is 11.5 Å². The summed E-state index contributed by atoms with van der Waals surface area (Å²) in [5, 5.41) is 21.7. The van der Waals surface area contributed by atoms with E-state index in [0.717, 1.165) is 0 Å². The molecule has 0 fully saturated rings. The first-order chi connectivity index (χ1) is 9.90. The summed E-state index contributed by atoms with van der Waals surface area (Å²) >= 11 is 0. The lowest BCUT2D eigenvalue weighted by Crippen LogP contribution is -1.98. The van der Waals surface area contributed by atoms with Crippen molar-refractivity contribution >= 4 is 17.1 Å². The van der Waals surface area contributed by atoms with Gasteiger partial charge in [0.05, 0.1) is 9.85 Å². The average Bonchev–Trinajstić information content (AvgIpc) is 2.37. The van der Waals surface area contributed by atoms with Crippen molar-refractivity contribution in [3.63, 3.8) is 0 Å². The second-order valence-electron chi connectivity index (χ2n) is 4.26. The predicted molar refractivity (Wildman–Crippen MR) is 75.4 cm³/mol. The highest BCUT2D eigenvalue weighted by Gasteiger charge is 2.19. The minimum absolute atomic E-state index is 0.0493. The largest absolute Gasteiger partial charge is 0.450 e. The fourth-order valence-electron chi connectivity index (χ4n) is 1.84. The Morgan fingerprint density at radius 1 is 1.10 bits per heavy atom. The summed E-state index contributed by atoms with van der Waals surface area (Å²) < 4.78 is 5.42. The van der Waals surface area contributed by atoms with Crippen LogP contribution in [0, 0.1) is 27.2 Å². The molecule has 0 amide bonds. The van der Waals surface area contributed by atoms with Gasteiger partial charge in [0, 0.05) is 17.7 Å². The van der Waals surface area contributed by atoms with Gasteiger partial charge in [0.1, 0.15) is 11.4 Å². The van der Waals surface area contributed by atoms with Crippen LogP contribution in [0.4, 0.5) is 17.1 Å². The Hall–Kier alpha value is -3.16. The molecule has 0 bridgehead atoms. The topological polar surface area (TPSA) is 122 Å². The van der Waals surface area contributed by atoms with E-state index in [1.54, 1.807) is 19.1 Å². The van der Waals surface area contributed by atoms with Crippen LogP contribution >= 0.6 is 0 Å². The number of ether oxygens (including phenoxy) is 1. The van der Waals surface area contributed by atoms with E-state index < -0.39 is 9.85 Å². The van der Waals surface area contributed by atoms with Gasteiger partial charge < -0.3 is 10.5 Å². The summed E-state index contributed by atoms with van der Waals surface area (Å²) in [5.41, 5.74) is 5.52. The Morgan fingerprint density at radius 2 is 1.81 bits per heavy atom. The number of nitro benzene ring substituents is 2. The number of hydrogen-bond donors (Lipinski definition) is 1. The summed E-state index contributed by atoms with van der Waals surface area (Å²) in [5.74, 6) is 0.236. The van der Waals surface area contributed by atoms with Crippen molar-refractivity contribution in [1.29, 1.82) is 0 Å². The first kappa shape index (κ1) is 14.3. The maximum absolute atomic E-state index is 11.1. The first-order valence-electron chi connectivity index (χ1n) is 5.86. The number of nitrogens with two attached hydrogens (primary N) is 1. The molecular weight excluding hydrogens is 278 g/mol. The molecule has 0 spiro atoms. The lowest BCUT2D eigenvalue weighted by Gasteiger charge is -2.08. The molecule has 0 radical (unpaired) electrons. The minimum atomic E-state index is -0.617. The molecule has 0 aromatic heterocycles. The van der Waals surface area contributed by atoms with Crippen LogP contribution in [0.2, 0.25) is 0 Å². The monoisotopic (exact) mass is 289 g/mol. The fraction of sp³-hybridized carbons (Fsp3) is 0.0769. The zero-order chi connectivity index (χ0) is 15.6. The molecule has 0 aliphatic rings. The Labute approximate surface area is 119 Å². The van der Waals surface area contributed by atoms with Crippen LogP contribution in [-0.2, 0) is 0 Å². The van der Waals surface area contributed by atoms with E-state index in [1.165, 1.54) is 24.3 Å².